The van der Waals surface area contributed by atoms with Gasteiger partial charge in [-0.15, -0.1) is 0 Å². The molecule has 90 valence electrons. The minimum absolute atomic E-state index is 0.674. The van der Waals surface area contributed by atoms with Gasteiger partial charge in [0.25, 0.3) is 0 Å². The second-order valence-corrected chi connectivity index (χ2v) is 3.77. The van der Waals surface area contributed by atoms with E-state index >= 15 is 0 Å². The van der Waals surface area contributed by atoms with Crippen LogP contribution in [0.4, 0.5) is 0 Å². The molecule has 1 aliphatic carbocycles. The molecule has 0 aliphatic heterocycles. The summed E-state index contributed by atoms with van der Waals surface area (Å²) in [5.41, 5.74) is 2.85. The third-order valence-corrected chi connectivity index (χ3v) is 2.71. The van der Waals surface area contributed by atoms with Crippen molar-refractivity contribution in [3.05, 3.63) is 47.6 Å². The third-order valence-electron chi connectivity index (χ3n) is 2.71. The molecular weight excluding hydrogens is 192 g/mol. The van der Waals surface area contributed by atoms with Crippen molar-refractivity contribution >= 4 is 0 Å². The van der Waals surface area contributed by atoms with Crippen LogP contribution in [0.3, 0.4) is 0 Å². The van der Waals surface area contributed by atoms with Gasteiger partial charge in [0.05, 0.1) is 0 Å². The topological polar surface area (TPSA) is 0 Å². The Morgan fingerprint density at radius 1 is 1.25 bits per heavy atom. The standard InChI is InChI=1S/C14H20.C2H6/c1-4-6-11-14-12(3)9-7-8-10-13(14)5-2;1-2/h4-6,8,10-12H,7,9H2,1-3H3;1-2H3/b6-4-,13-5-,14-11-;. The Morgan fingerprint density at radius 3 is 2.50 bits per heavy atom. The Kier molecular flexibility index (Phi) is 8.61. The van der Waals surface area contributed by atoms with Crippen LogP contribution in [0, 0.1) is 5.92 Å². The maximum atomic E-state index is 2.31. The van der Waals surface area contributed by atoms with Crippen molar-refractivity contribution in [2.24, 2.45) is 5.92 Å². The molecule has 16 heavy (non-hydrogen) atoms. The molecular formula is C16H26. The molecule has 0 heteroatoms. The fourth-order valence-electron chi connectivity index (χ4n) is 1.82. The van der Waals surface area contributed by atoms with Gasteiger partial charge < -0.3 is 0 Å². The van der Waals surface area contributed by atoms with E-state index in [0.717, 1.165) is 0 Å². The SMILES string of the molecule is CC.C\C=C/C=C1\C(=C/C)C=CCCC1C. The monoisotopic (exact) mass is 218 g/mol. The van der Waals surface area contributed by atoms with Crippen LogP contribution in [-0.2, 0) is 0 Å². The molecule has 1 atom stereocenters. The summed E-state index contributed by atoms with van der Waals surface area (Å²) >= 11 is 0. The molecule has 0 amide bonds. The maximum absolute atomic E-state index is 2.31. The fourth-order valence-corrected chi connectivity index (χ4v) is 1.82. The highest BCUT2D eigenvalue weighted by atomic mass is 14.2. The lowest BCUT2D eigenvalue weighted by Crippen LogP contribution is -1.98. The summed E-state index contributed by atoms with van der Waals surface area (Å²) in [4.78, 5) is 0. The van der Waals surface area contributed by atoms with Crippen LogP contribution in [0.15, 0.2) is 47.6 Å². The van der Waals surface area contributed by atoms with Crippen molar-refractivity contribution in [1.82, 2.24) is 0 Å². The molecule has 0 heterocycles. The Morgan fingerprint density at radius 2 is 1.94 bits per heavy atom. The van der Waals surface area contributed by atoms with E-state index < -0.39 is 0 Å². The first kappa shape index (κ1) is 15.0. The Hall–Kier alpha value is -1.04. The van der Waals surface area contributed by atoms with Crippen molar-refractivity contribution < 1.29 is 0 Å². The van der Waals surface area contributed by atoms with Gasteiger partial charge in [-0.3, -0.25) is 0 Å². The van der Waals surface area contributed by atoms with Crippen molar-refractivity contribution in [2.75, 3.05) is 0 Å². The van der Waals surface area contributed by atoms with Crippen LogP contribution >= 0.6 is 0 Å². The zero-order valence-corrected chi connectivity index (χ0v) is 11.5. The van der Waals surface area contributed by atoms with Crippen LogP contribution in [0.5, 0.6) is 0 Å². The van der Waals surface area contributed by atoms with Crippen LogP contribution in [0.1, 0.15) is 47.5 Å². The van der Waals surface area contributed by atoms with Crippen molar-refractivity contribution in [3.63, 3.8) is 0 Å². The molecule has 0 aromatic carbocycles. The predicted molar refractivity (Wildman–Crippen MR) is 75.5 cm³/mol. The minimum atomic E-state index is 0.674. The van der Waals surface area contributed by atoms with Crippen LogP contribution in [0.2, 0.25) is 0 Å². The van der Waals surface area contributed by atoms with Crippen LogP contribution in [-0.4, -0.2) is 0 Å². The summed E-state index contributed by atoms with van der Waals surface area (Å²) in [5, 5.41) is 0. The van der Waals surface area contributed by atoms with Gasteiger partial charge in [0.15, 0.2) is 0 Å². The van der Waals surface area contributed by atoms with Gasteiger partial charge in [0, 0.05) is 0 Å². The van der Waals surface area contributed by atoms with Gasteiger partial charge in [-0.25, -0.2) is 0 Å². The molecule has 1 rings (SSSR count). The molecule has 0 bridgehead atoms. The van der Waals surface area contributed by atoms with Crippen LogP contribution < -0.4 is 0 Å². The molecule has 0 N–H and O–H groups in total. The van der Waals surface area contributed by atoms with Crippen LogP contribution in [0.25, 0.3) is 0 Å². The summed E-state index contributed by atoms with van der Waals surface area (Å²) in [6, 6.07) is 0. The second kappa shape index (κ2) is 9.21. The summed E-state index contributed by atoms with van der Waals surface area (Å²) in [5.74, 6) is 0.674. The van der Waals surface area contributed by atoms with E-state index in [1.54, 1.807) is 0 Å². The molecule has 1 unspecified atom stereocenters. The van der Waals surface area contributed by atoms with E-state index in [9.17, 15) is 0 Å². The van der Waals surface area contributed by atoms with E-state index in [1.807, 2.05) is 13.8 Å². The molecule has 0 spiro atoms. The first-order chi connectivity index (χ1) is 7.79. The average Bonchev–Trinajstić information content (AvgIpc) is 2.51. The fraction of sp³-hybridized carbons (Fsp3) is 0.500. The third kappa shape index (κ3) is 4.65. The Bertz CT molecular complexity index is 287. The number of hydrogen-bond donors (Lipinski definition) is 0. The highest BCUT2D eigenvalue weighted by Crippen LogP contribution is 2.28. The highest BCUT2D eigenvalue weighted by Gasteiger charge is 2.12. The summed E-state index contributed by atoms with van der Waals surface area (Å²) in [7, 11) is 0. The van der Waals surface area contributed by atoms with Crippen molar-refractivity contribution in [2.45, 2.75) is 47.5 Å². The van der Waals surface area contributed by atoms with Gasteiger partial charge in [-0.2, -0.15) is 0 Å². The molecule has 1 aliphatic rings. The zero-order chi connectivity index (χ0) is 12.4. The second-order valence-electron chi connectivity index (χ2n) is 3.77. The van der Waals surface area contributed by atoms with E-state index in [-0.39, 0.29) is 0 Å². The number of allylic oxidation sites excluding steroid dienone is 8. The predicted octanol–water partition coefficient (Wildman–Crippen LogP) is 5.45. The summed E-state index contributed by atoms with van der Waals surface area (Å²) in [6.45, 7) is 10.5. The van der Waals surface area contributed by atoms with E-state index in [1.165, 1.54) is 24.0 Å². The normalized spacial score (nSPS) is 25.7. The molecule has 0 aromatic rings. The Balaban J connectivity index is 0.00000106. The van der Waals surface area contributed by atoms with Crippen molar-refractivity contribution in [1.29, 1.82) is 0 Å². The molecule has 0 radical (unpaired) electrons. The first-order valence-corrected chi connectivity index (χ1v) is 6.45. The molecule has 0 saturated carbocycles. The quantitative estimate of drug-likeness (QED) is 0.549. The van der Waals surface area contributed by atoms with Gasteiger partial charge in [-0.05, 0) is 43.8 Å². The largest absolute Gasteiger partial charge is 0.0877 e. The van der Waals surface area contributed by atoms with E-state index in [0.29, 0.717) is 5.92 Å². The van der Waals surface area contributed by atoms with Gasteiger partial charge in [0.2, 0.25) is 0 Å². The lowest BCUT2D eigenvalue weighted by atomic mass is 9.92. The lowest BCUT2D eigenvalue weighted by molar-refractivity contribution is 0.637. The molecule has 0 saturated heterocycles. The molecule has 0 aromatic heterocycles. The molecule has 0 fully saturated rings. The average molecular weight is 218 g/mol. The highest BCUT2D eigenvalue weighted by molar-refractivity contribution is 5.43. The maximum Gasteiger partial charge on any atom is -0.0182 e. The molecule has 0 nitrogen and oxygen atoms in total. The van der Waals surface area contributed by atoms with Gasteiger partial charge >= 0.3 is 0 Å². The van der Waals surface area contributed by atoms with Gasteiger partial charge in [-0.1, -0.05) is 57.2 Å². The summed E-state index contributed by atoms with van der Waals surface area (Å²) in [6.07, 6.45) is 15.7. The minimum Gasteiger partial charge on any atom is -0.0877 e. The zero-order valence-electron chi connectivity index (χ0n) is 11.5. The lowest BCUT2D eigenvalue weighted by Gasteiger charge is -2.13. The summed E-state index contributed by atoms with van der Waals surface area (Å²) < 4.78 is 0. The Labute approximate surface area is 101 Å². The smallest absolute Gasteiger partial charge is 0.0182 e. The van der Waals surface area contributed by atoms with E-state index in [4.69, 9.17) is 0 Å². The first-order valence-electron chi connectivity index (χ1n) is 6.45. The number of hydrogen-bond acceptors (Lipinski definition) is 0. The van der Waals surface area contributed by atoms with Crippen molar-refractivity contribution in [3.8, 4) is 0 Å². The van der Waals surface area contributed by atoms with E-state index in [2.05, 4.69) is 57.2 Å². The van der Waals surface area contributed by atoms with Gasteiger partial charge in [0.1, 0.15) is 0 Å². The number of rotatable bonds is 1.